The Morgan fingerprint density at radius 3 is 2.05 bits per heavy atom. The van der Waals surface area contributed by atoms with Gasteiger partial charge < -0.3 is 28.1 Å². The topological polar surface area (TPSA) is 51.2 Å². The van der Waals surface area contributed by atoms with Crippen LogP contribution >= 0.6 is 0 Å². The smallest absolute Gasteiger partial charge is 0.251 e. The lowest BCUT2D eigenvalue weighted by atomic mass is 9.32. The Balaban J connectivity index is 1.07. The fourth-order valence-corrected chi connectivity index (χ4v) is 10.8. The van der Waals surface area contributed by atoms with Crippen LogP contribution in [0.3, 0.4) is 0 Å². The number of ether oxygens (including phenoxy) is 2. The van der Waals surface area contributed by atoms with Crippen LogP contribution in [-0.4, -0.2) is 19.9 Å². The fraction of sp³-hybridized carbons (Fsp3) is 0.153. The van der Waals surface area contributed by atoms with Gasteiger partial charge in [0.1, 0.15) is 35.9 Å². The number of benzene rings is 7. The molecule has 1 atom stereocenters. The Kier molecular flexibility index (Phi) is 8.64. The number of furan rings is 2. The van der Waals surface area contributed by atoms with Crippen molar-refractivity contribution in [3.05, 3.63) is 198 Å². The molecule has 13 rings (SSSR count). The van der Waals surface area contributed by atoms with Gasteiger partial charge >= 0.3 is 0 Å². The van der Waals surface area contributed by atoms with Gasteiger partial charge in [-0.25, -0.2) is 0 Å². The summed E-state index contributed by atoms with van der Waals surface area (Å²) in [6.07, 6.45) is 5.49. The lowest BCUT2D eigenvalue weighted by molar-refractivity contribution is 0.172. The Morgan fingerprint density at radius 2 is 1.29 bits per heavy atom. The summed E-state index contributed by atoms with van der Waals surface area (Å²) in [6, 6.07) is 56.9. The van der Waals surface area contributed by atoms with Gasteiger partial charge in [-0.2, -0.15) is 0 Å². The maximum absolute atomic E-state index is 6.62. The second-order valence-electron chi connectivity index (χ2n) is 19.2. The van der Waals surface area contributed by atoms with Crippen LogP contribution < -0.4 is 30.2 Å². The number of nitrogens with zero attached hydrogens (tertiary/aromatic N) is 2. The van der Waals surface area contributed by atoms with Crippen LogP contribution in [0.1, 0.15) is 50.0 Å². The molecule has 66 heavy (non-hydrogen) atoms. The monoisotopic (exact) mass is 858 g/mol. The lowest BCUT2D eigenvalue weighted by Gasteiger charge is -2.46. The molecule has 0 spiro atoms. The third kappa shape index (κ3) is 6.17. The molecule has 3 aliphatic heterocycles. The third-order valence-corrected chi connectivity index (χ3v) is 13.9. The van der Waals surface area contributed by atoms with E-state index < -0.39 is 0 Å². The molecular weight excluding hydrogens is 811 g/mol. The van der Waals surface area contributed by atoms with E-state index >= 15 is 0 Å². The van der Waals surface area contributed by atoms with E-state index in [1.807, 2.05) is 18.2 Å². The van der Waals surface area contributed by atoms with E-state index in [1.165, 1.54) is 44.3 Å². The number of anilines is 5. The number of hydrogen-bond acceptors (Lipinski definition) is 6. The molecule has 9 aromatic rings. The van der Waals surface area contributed by atoms with Gasteiger partial charge in [0.05, 0.1) is 5.69 Å². The molecule has 0 N–H and O–H groups in total. The highest BCUT2D eigenvalue weighted by atomic mass is 16.6. The number of allylic oxidation sites excluding steroid dienone is 4. The maximum Gasteiger partial charge on any atom is 0.251 e. The van der Waals surface area contributed by atoms with Gasteiger partial charge in [-0.15, -0.1) is 0 Å². The van der Waals surface area contributed by atoms with E-state index in [0.29, 0.717) is 13.2 Å². The first-order valence-electron chi connectivity index (χ1n) is 23.1. The molecule has 320 valence electrons. The predicted octanol–water partition coefficient (Wildman–Crippen LogP) is 14.0. The fourth-order valence-electron chi connectivity index (χ4n) is 10.8. The van der Waals surface area contributed by atoms with Crippen LogP contribution in [0.5, 0.6) is 11.5 Å². The summed E-state index contributed by atoms with van der Waals surface area (Å²) in [5.41, 5.74) is 18.1. The lowest BCUT2D eigenvalue weighted by Crippen LogP contribution is -2.56. The summed E-state index contributed by atoms with van der Waals surface area (Å²) < 4.78 is 25.9. The Labute approximate surface area is 385 Å². The van der Waals surface area contributed by atoms with Gasteiger partial charge in [0, 0.05) is 68.8 Å². The predicted molar refractivity (Wildman–Crippen MR) is 270 cm³/mol. The van der Waals surface area contributed by atoms with E-state index in [4.69, 9.17) is 18.3 Å². The number of hydrogen-bond donors (Lipinski definition) is 0. The molecule has 2 aromatic heterocycles. The van der Waals surface area contributed by atoms with Gasteiger partial charge in [0.15, 0.2) is 11.5 Å². The minimum atomic E-state index is -0.0932. The highest BCUT2D eigenvalue weighted by Crippen LogP contribution is 2.52. The largest absolute Gasteiger partial charge is 0.486 e. The normalized spacial score (nSPS) is 16.2. The van der Waals surface area contributed by atoms with Crippen molar-refractivity contribution in [2.45, 2.75) is 45.4 Å². The molecular formula is C59H47BN2O4. The molecule has 1 aliphatic carbocycles. The first-order valence-corrected chi connectivity index (χ1v) is 23.1. The molecule has 7 heteroatoms. The van der Waals surface area contributed by atoms with Crippen LogP contribution in [-0.2, 0) is 5.41 Å². The van der Waals surface area contributed by atoms with E-state index in [2.05, 4.69) is 189 Å². The van der Waals surface area contributed by atoms with Crippen LogP contribution in [0.2, 0.25) is 0 Å². The van der Waals surface area contributed by atoms with Gasteiger partial charge in [-0.1, -0.05) is 118 Å². The van der Waals surface area contributed by atoms with Crippen molar-refractivity contribution in [2.75, 3.05) is 23.0 Å². The average molecular weight is 859 g/mol. The van der Waals surface area contributed by atoms with Gasteiger partial charge in [-0.05, 0) is 112 Å². The minimum Gasteiger partial charge on any atom is -0.486 e. The summed E-state index contributed by atoms with van der Waals surface area (Å²) in [7, 11) is 0. The maximum atomic E-state index is 6.62. The second kappa shape index (κ2) is 14.7. The van der Waals surface area contributed by atoms with Crippen molar-refractivity contribution in [1.82, 2.24) is 0 Å². The summed E-state index contributed by atoms with van der Waals surface area (Å²) in [4.78, 5) is 5.04. The van der Waals surface area contributed by atoms with Crippen molar-refractivity contribution in [3.63, 3.8) is 0 Å². The molecule has 6 nitrogen and oxygen atoms in total. The summed E-state index contributed by atoms with van der Waals surface area (Å²) in [5.74, 6) is 3.39. The van der Waals surface area contributed by atoms with Gasteiger partial charge in [-0.3, -0.25) is 0 Å². The molecule has 0 saturated carbocycles. The van der Waals surface area contributed by atoms with Crippen molar-refractivity contribution in [1.29, 1.82) is 0 Å². The summed E-state index contributed by atoms with van der Waals surface area (Å²) in [5, 5.41) is 2.20. The number of fused-ring (bicyclic) bond motifs is 6. The van der Waals surface area contributed by atoms with Crippen LogP contribution in [0.15, 0.2) is 190 Å². The second-order valence-corrected chi connectivity index (χ2v) is 19.2. The van der Waals surface area contributed by atoms with Gasteiger partial charge in [0.25, 0.3) is 6.71 Å². The molecule has 7 aromatic carbocycles. The molecule has 0 amide bonds. The Hall–Kier alpha value is -7.64. The first-order chi connectivity index (χ1) is 32.2. The zero-order chi connectivity index (χ0) is 44.3. The molecule has 0 fully saturated rings. The molecule has 4 aliphatic rings. The molecule has 0 bridgehead atoms. The highest BCUT2D eigenvalue weighted by molar-refractivity contribution is 6.95. The Morgan fingerprint density at radius 1 is 0.591 bits per heavy atom. The average Bonchev–Trinajstić information content (AvgIpc) is 3.99. The van der Waals surface area contributed by atoms with Crippen LogP contribution in [0.4, 0.5) is 28.4 Å². The third-order valence-electron chi connectivity index (χ3n) is 13.9. The molecule has 0 saturated heterocycles. The van der Waals surface area contributed by atoms with E-state index in [0.717, 1.165) is 85.4 Å². The van der Waals surface area contributed by atoms with Crippen molar-refractivity contribution < 1.29 is 18.3 Å². The SMILES string of the molecule is Cc1cc2c3c(c1)N(c1ccc(C(C)(C)C)cc1-c1ccccc1)c1cc4c(cc1B3C1=C(CC(c3cc5ccccc5o3)C=C1)N2c1cccc(-c2cc3ccccc3o2)c1)OCCO4. The zero-order valence-corrected chi connectivity index (χ0v) is 37.5. The number of rotatable bonds is 5. The summed E-state index contributed by atoms with van der Waals surface area (Å²) in [6.45, 7) is 10.0. The minimum absolute atomic E-state index is 0.0256. The highest BCUT2D eigenvalue weighted by Gasteiger charge is 2.46. The molecule has 0 radical (unpaired) electrons. The first kappa shape index (κ1) is 38.8. The van der Waals surface area contributed by atoms with Crippen LogP contribution in [0, 0.1) is 6.92 Å². The van der Waals surface area contributed by atoms with Crippen molar-refractivity contribution in [2.24, 2.45) is 0 Å². The standard InChI is InChI=1S/C59H47BN2O4/c1-36-27-50-58-51(28-36)62(47-24-22-42(59(2,3)4)33-44(47)37-13-6-5-7-14-37)49-35-57-56(63-25-26-64-57)34-46(49)60(58)45-23-21-41(55-32-40-16-9-11-20-53(40)66-55)30-48(45)61(50)43-18-12-17-38(29-43)54-31-39-15-8-10-19-52(39)65-54/h5-24,27-29,31-35,41H,25-26,30H2,1-4H3. The van der Waals surface area contributed by atoms with E-state index in [-0.39, 0.29) is 18.0 Å². The summed E-state index contributed by atoms with van der Waals surface area (Å²) >= 11 is 0. The van der Waals surface area contributed by atoms with Crippen molar-refractivity contribution >= 4 is 68.0 Å². The molecule has 5 heterocycles. The zero-order valence-electron chi connectivity index (χ0n) is 37.5. The molecule has 1 unspecified atom stereocenters. The van der Waals surface area contributed by atoms with Crippen molar-refractivity contribution in [3.8, 4) is 33.9 Å². The Bertz CT molecular complexity index is 3430. The quantitative estimate of drug-likeness (QED) is 0.161. The number of para-hydroxylation sites is 2. The number of aryl methyl sites for hydroxylation is 1. The van der Waals surface area contributed by atoms with Crippen LogP contribution in [0.25, 0.3) is 44.4 Å². The van der Waals surface area contributed by atoms with E-state index in [9.17, 15) is 0 Å². The van der Waals surface area contributed by atoms with E-state index in [1.54, 1.807) is 0 Å². The van der Waals surface area contributed by atoms with Gasteiger partial charge in [0.2, 0.25) is 0 Å².